The predicted octanol–water partition coefficient (Wildman–Crippen LogP) is 6.69. The van der Waals surface area contributed by atoms with Gasteiger partial charge in [0.25, 0.3) is 0 Å². The summed E-state index contributed by atoms with van der Waals surface area (Å²) in [6, 6.07) is 20.6. The Hall–Kier alpha value is -4.52. The Labute approximate surface area is 195 Å². The number of hydrogen-bond acceptors (Lipinski definition) is 6. The Morgan fingerprint density at radius 2 is 1.76 bits per heavy atom. The van der Waals surface area contributed by atoms with Gasteiger partial charge in [0.05, 0.1) is 11.2 Å². The van der Waals surface area contributed by atoms with E-state index in [1.165, 1.54) is 17.7 Å². The van der Waals surface area contributed by atoms with Crippen LogP contribution in [0.1, 0.15) is 11.1 Å². The molecule has 168 valence electrons. The van der Waals surface area contributed by atoms with Gasteiger partial charge in [0.2, 0.25) is 0 Å². The number of phenols is 1. The summed E-state index contributed by atoms with van der Waals surface area (Å²) in [5, 5.41) is 22.1. The van der Waals surface area contributed by atoms with Crippen LogP contribution in [-0.2, 0) is 0 Å². The van der Waals surface area contributed by atoms with Crippen molar-refractivity contribution in [2.45, 2.75) is 13.8 Å². The minimum atomic E-state index is -0.540. The lowest BCUT2D eigenvalue weighted by Crippen LogP contribution is -1.99. The molecule has 2 aromatic heterocycles. The monoisotopic (exact) mass is 452 g/mol. The second-order valence-electron chi connectivity index (χ2n) is 7.93. The minimum absolute atomic E-state index is 0.0563. The van der Waals surface area contributed by atoms with E-state index in [0.29, 0.717) is 33.7 Å². The van der Waals surface area contributed by atoms with Crippen LogP contribution in [0.2, 0.25) is 0 Å². The van der Waals surface area contributed by atoms with Gasteiger partial charge in [-0.2, -0.15) is 0 Å². The highest BCUT2D eigenvalue weighted by Gasteiger charge is 2.12. The highest BCUT2D eigenvalue weighted by molar-refractivity contribution is 5.86. The second kappa shape index (κ2) is 8.78. The number of benzene rings is 3. The molecule has 0 radical (unpaired) electrons. The topological polar surface area (TPSA) is 80.2 Å². The first kappa shape index (κ1) is 21.3. The third-order valence-electron chi connectivity index (χ3n) is 5.66. The van der Waals surface area contributed by atoms with Crippen molar-refractivity contribution in [3.63, 3.8) is 0 Å². The van der Waals surface area contributed by atoms with Crippen molar-refractivity contribution in [3.8, 4) is 28.5 Å². The molecule has 0 aliphatic carbocycles. The summed E-state index contributed by atoms with van der Waals surface area (Å²) in [6.07, 6.45) is 1.57. The summed E-state index contributed by atoms with van der Waals surface area (Å²) in [4.78, 5) is 4.24. The number of aromatic nitrogens is 3. The summed E-state index contributed by atoms with van der Waals surface area (Å²) < 4.78 is 20.7. The number of fused-ring (bicyclic) bond motifs is 1. The average molecular weight is 452 g/mol. The Morgan fingerprint density at radius 1 is 0.882 bits per heavy atom. The number of ether oxygens (including phenoxy) is 1. The van der Waals surface area contributed by atoms with Crippen molar-refractivity contribution in [2.75, 3.05) is 5.32 Å². The first-order valence-electron chi connectivity index (χ1n) is 10.7. The van der Waals surface area contributed by atoms with E-state index in [4.69, 9.17) is 4.74 Å². The number of aryl methyl sites for hydroxylation is 1. The van der Waals surface area contributed by atoms with E-state index in [0.717, 1.165) is 11.3 Å². The molecule has 0 saturated carbocycles. The molecular formula is C27H21FN4O2. The van der Waals surface area contributed by atoms with Crippen molar-refractivity contribution in [1.29, 1.82) is 0 Å². The average Bonchev–Trinajstić information content (AvgIpc) is 2.84. The third-order valence-corrected chi connectivity index (χ3v) is 5.66. The van der Waals surface area contributed by atoms with Crippen molar-refractivity contribution in [1.82, 2.24) is 15.2 Å². The summed E-state index contributed by atoms with van der Waals surface area (Å²) in [7, 11) is 0. The van der Waals surface area contributed by atoms with Gasteiger partial charge in [0.1, 0.15) is 11.5 Å². The highest BCUT2D eigenvalue weighted by Crippen LogP contribution is 2.33. The molecule has 5 rings (SSSR count). The fraction of sp³-hybridized carbons (Fsp3) is 0.0741. The van der Waals surface area contributed by atoms with Crippen LogP contribution in [-0.4, -0.2) is 20.3 Å². The first-order valence-corrected chi connectivity index (χ1v) is 10.7. The molecule has 0 spiro atoms. The molecule has 2 heterocycles. The summed E-state index contributed by atoms with van der Waals surface area (Å²) in [5.41, 5.74) is 5.04. The third kappa shape index (κ3) is 4.23. The van der Waals surface area contributed by atoms with Crippen LogP contribution in [0.25, 0.3) is 22.2 Å². The number of hydrogen-bond donors (Lipinski definition) is 2. The minimum Gasteiger partial charge on any atom is -0.508 e. The number of nitrogens with zero attached hydrogens (tertiary/aromatic N) is 3. The quantitative estimate of drug-likeness (QED) is 0.309. The molecule has 5 aromatic rings. The van der Waals surface area contributed by atoms with E-state index in [-0.39, 0.29) is 11.5 Å². The van der Waals surface area contributed by atoms with Crippen molar-refractivity contribution >= 4 is 22.4 Å². The lowest BCUT2D eigenvalue weighted by atomic mass is 10.1. The Morgan fingerprint density at radius 3 is 2.56 bits per heavy atom. The fourth-order valence-corrected chi connectivity index (χ4v) is 3.64. The number of pyridine rings is 1. The normalized spacial score (nSPS) is 10.9. The molecule has 3 aromatic carbocycles. The Bertz CT molecular complexity index is 1500. The van der Waals surface area contributed by atoms with Crippen LogP contribution in [0.3, 0.4) is 0 Å². The van der Waals surface area contributed by atoms with Crippen LogP contribution in [0.4, 0.5) is 15.9 Å². The molecule has 6 nitrogen and oxygen atoms in total. The van der Waals surface area contributed by atoms with Gasteiger partial charge in [0.15, 0.2) is 17.4 Å². The van der Waals surface area contributed by atoms with Crippen LogP contribution in [0, 0.1) is 19.7 Å². The maximum Gasteiger partial charge on any atom is 0.166 e. The van der Waals surface area contributed by atoms with Crippen LogP contribution < -0.4 is 10.1 Å². The van der Waals surface area contributed by atoms with E-state index in [2.05, 4.69) is 33.5 Å². The molecule has 0 saturated heterocycles. The number of nitrogens with one attached hydrogen (secondary N) is 1. The second-order valence-corrected chi connectivity index (χ2v) is 7.93. The Balaban J connectivity index is 1.37. The number of halogens is 1. The number of rotatable bonds is 5. The highest BCUT2D eigenvalue weighted by atomic mass is 19.1. The van der Waals surface area contributed by atoms with Crippen LogP contribution in [0.15, 0.2) is 79.0 Å². The van der Waals surface area contributed by atoms with E-state index >= 15 is 0 Å². The van der Waals surface area contributed by atoms with Gasteiger partial charge >= 0.3 is 0 Å². The summed E-state index contributed by atoms with van der Waals surface area (Å²) in [5.74, 6) is 0.595. The maximum absolute atomic E-state index is 14.9. The van der Waals surface area contributed by atoms with Crippen molar-refractivity contribution in [3.05, 3.63) is 95.9 Å². The predicted molar refractivity (Wildman–Crippen MR) is 130 cm³/mol. The van der Waals surface area contributed by atoms with Crippen molar-refractivity contribution in [2.24, 2.45) is 0 Å². The molecule has 0 fully saturated rings. The van der Waals surface area contributed by atoms with E-state index in [1.807, 2.05) is 25.1 Å². The van der Waals surface area contributed by atoms with Gasteiger partial charge in [-0.1, -0.05) is 12.1 Å². The zero-order valence-corrected chi connectivity index (χ0v) is 18.6. The molecule has 0 aliphatic rings. The first-order chi connectivity index (χ1) is 16.5. The maximum atomic E-state index is 14.9. The molecule has 7 heteroatoms. The molecule has 2 N–H and O–H groups in total. The van der Waals surface area contributed by atoms with Crippen LogP contribution >= 0.6 is 0 Å². The van der Waals surface area contributed by atoms with E-state index < -0.39 is 5.82 Å². The van der Waals surface area contributed by atoms with Gasteiger partial charge in [0, 0.05) is 22.8 Å². The van der Waals surface area contributed by atoms with Gasteiger partial charge < -0.3 is 15.2 Å². The van der Waals surface area contributed by atoms with E-state index in [9.17, 15) is 9.50 Å². The zero-order valence-electron chi connectivity index (χ0n) is 18.6. The summed E-state index contributed by atoms with van der Waals surface area (Å²) in [6.45, 7) is 4.10. The standard InChI is InChI=1S/C27H21FN4O2/c1-16-4-3-5-22(17(16)2)30-27-11-9-23(31-32-27)18-6-10-26(21(28)14-18)34-25-12-13-29-24-8-7-19(33)15-20(24)25/h3-15,33H,1-2H3,(H,30,32). The lowest BCUT2D eigenvalue weighted by Gasteiger charge is -2.11. The SMILES string of the molecule is Cc1cccc(Nc2ccc(-c3ccc(Oc4ccnc5ccc(O)cc45)c(F)c3)nn2)c1C. The van der Waals surface area contributed by atoms with Crippen molar-refractivity contribution < 1.29 is 14.2 Å². The summed E-state index contributed by atoms with van der Waals surface area (Å²) >= 11 is 0. The van der Waals surface area contributed by atoms with Gasteiger partial charge in [-0.15, -0.1) is 10.2 Å². The molecule has 0 aliphatic heterocycles. The largest absolute Gasteiger partial charge is 0.508 e. The molecule has 0 unspecified atom stereocenters. The molecule has 0 atom stereocenters. The fourth-order valence-electron chi connectivity index (χ4n) is 3.64. The lowest BCUT2D eigenvalue weighted by molar-refractivity contribution is 0.445. The van der Waals surface area contributed by atoms with Gasteiger partial charge in [-0.05, 0) is 85.6 Å². The number of phenolic OH excluding ortho intramolecular Hbond substituents is 1. The number of aromatic hydroxyl groups is 1. The molecule has 34 heavy (non-hydrogen) atoms. The molecule has 0 amide bonds. The zero-order chi connectivity index (χ0) is 23.7. The Kier molecular flexibility index (Phi) is 5.51. The molecular weight excluding hydrogens is 431 g/mol. The molecule has 0 bridgehead atoms. The van der Waals surface area contributed by atoms with Gasteiger partial charge in [-0.3, -0.25) is 4.98 Å². The van der Waals surface area contributed by atoms with Crippen LogP contribution in [0.5, 0.6) is 17.2 Å². The van der Waals surface area contributed by atoms with Gasteiger partial charge in [-0.25, -0.2) is 4.39 Å². The smallest absolute Gasteiger partial charge is 0.166 e. The number of anilines is 2. The van der Waals surface area contributed by atoms with E-state index in [1.54, 1.807) is 42.6 Å².